The molecule has 2 N–H and O–H groups in total. The summed E-state index contributed by atoms with van der Waals surface area (Å²) >= 11 is 1.34. The number of ether oxygens (including phenoxy) is 2. The monoisotopic (exact) mass is 487 g/mol. The number of nitrogens with zero attached hydrogens (tertiary/aromatic N) is 3. The molecule has 10 heteroatoms. The van der Waals surface area contributed by atoms with Crippen LogP contribution in [0.25, 0.3) is 10.2 Å². The van der Waals surface area contributed by atoms with Crippen LogP contribution in [0.1, 0.15) is 34.5 Å². The molecule has 3 aromatic rings. The third-order valence-electron chi connectivity index (χ3n) is 5.66. The van der Waals surface area contributed by atoms with E-state index < -0.39 is 0 Å². The van der Waals surface area contributed by atoms with Crippen molar-refractivity contribution in [1.29, 1.82) is 0 Å². The smallest absolute Gasteiger partial charge is 0.261 e. The molecular formula is C24H30FN5O3S. The van der Waals surface area contributed by atoms with E-state index >= 15 is 0 Å². The highest BCUT2D eigenvalue weighted by molar-refractivity contribution is 7.20. The molecule has 8 nitrogen and oxygen atoms in total. The Morgan fingerprint density at radius 3 is 2.85 bits per heavy atom. The summed E-state index contributed by atoms with van der Waals surface area (Å²) in [6.45, 7) is 4.66. The Balaban J connectivity index is 1.56. The number of aryl methyl sites for hydroxylation is 1. The van der Waals surface area contributed by atoms with Gasteiger partial charge in [0.05, 0.1) is 29.2 Å². The Kier molecular flexibility index (Phi) is 7.91. The van der Waals surface area contributed by atoms with E-state index in [0.29, 0.717) is 46.7 Å². The Morgan fingerprint density at radius 1 is 1.29 bits per heavy atom. The van der Waals surface area contributed by atoms with Crippen LogP contribution in [0.15, 0.2) is 24.5 Å². The normalized spacial score (nSPS) is 14.5. The number of carbonyl (C=O) groups is 1. The molecule has 0 radical (unpaired) electrons. The molecule has 1 amide bonds. The first-order valence-electron chi connectivity index (χ1n) is 11.4. The lowest BCUT2D eigenvalue weighted by atomic mass is 10.1. The maximum absolute atomic E-state index is 14.0. The minimum absolute atomic E-state index is 0.0350. The zero-order chi connectivity index (χ0) is 24.1. The summed E-state index contributed by atoms with van der Waals surface area (Å²) < 4.78 is 25.5. The van der Waals surface area contributed by atoms with Gasteiger partial charge in [-0.25, -0.2) is 14.4 Å². The number of aromatic nitrogens is 2. The van der Waals surface area contributed by atoms with Crippen LogP contribution in [0.5, 0.6) is 5.75 Å². The Labute approximate surface area is 202 Å². The first-order chi connectivity index (χ1) is 16.4. The van der Waals surface area contributed by atoms with Gasteiger partial charge in [-0.1, -0.05) is 0 Å². The standard InChI is InChI=1S/C24H30FN5O3S/c1-15-20-22(27-14-28-24(20)34-21(15)23(31)26-9-4-10-30(2)3)29-18-6-5-16(25)13-19(18)33-17-7-11-32-12-8-17/h5-6,13-14,17H,4,7-12H2,1-3H3,(H,26,31)(H,27,28,29). The minimum atomic E-state index is -0.375. The second-order valence-electron chi connectivity index (χ2n) is 8.57. The highest BCUT2D eigenvalue weighted by Gasteiger charge is 2.21. The van der Waals surface area contributed by atoms with Crippen molar-refractivity contribution >= 4 is 39.0 Å². The summed E-state index contributed by atoms with van der Waals surface area (Å²) in [5, 5.41) is 7.05. The topological polar surface area (TPSA) is 88.6 Å². The van der Waals surface area contributed by atoms with Crippen LogP contribution in [0.2, 0.25) is 0 Å². The first-order valence-corrected chi connectivity index (χ1v) is 12.2. The van der Waals surface area contributed by atoms with Crippen LogP contribution in [0.3, 0.4) is 0 Å². The number of anilines is 2. The van der Waals surface area contributed by atoms with Crippen molar-refractivity contribution in [2.45, 2.75) is 32.3 Å². The molecule has 182 valence electrons. The van der Waals surface area contributed by atoms with Crippen molar-refractivity contribution in [3.8, 4) is 5.75 Å². The third kappa shape index (κ3) is 5.81. The number of halogens is 1. The number of amides is 1. The van der Waals surface area contributed by atoms with Gasteiger partial charge in [0.2, 0.25) is 0 Å². The van der Waals surface area contributed by atoms with Gasteiger partial charge in [-0.2, -0.15) is 0 Å². The van der Waals surface area contributed by atoms with E-state index in [0.717, 1.165) is 36.8 Å². The van der Waals surface area contributed by atoms with Crippen LogP contribution < -0.4 is 15.4 Å². The Bertz CT molecular complexity index is 1150. The average molecular weight is 488 g/mol. The molecule has 0 spiro atoms. The third-order valence-corrected chi connectivity index (χ3v) is 6.86. The van der Waals surface area contributed by atoms with Gasteiger partial charge in [-0.3, -0.25) is 4.79 Å². The zero-order valence-corrected chi connectivity index (χ0v) is 20.5. The fourth-order valence-corrected chi connectivity index (χ4v) is 4.92. The second kappa shape index (κ2) is 11.1. The van der Waals surface area contributed by atoms with Crippen LogP contribution in [-0.2, 0) is 4.74 Å². The summed E-state index contributed by atoms with van der Waals surface area (Å²) in [5.41, 5.74) is 1.41. The van der Waals surface area contributed by atoms with Crippen molar-refractivity contribution in [2.24, 2.45) is 0 Å². The largest absolute Gasteiger partial charge is 0.488 e. The molecule has 0 aliphatic carbocycles. The number of carbonyl (C=O) groups excluding carboxylic acids is 1. The van der Waals surface area contributed by atoms with Crippen molar-refractivity contribution in [2.75, 3.05) is 45.7 Å². The van der Waals surface area contributed by atoms with Gasteiger partial charge in [0.25, 0.3) is 5.91 Å². The lowest BCUT2D eigenvalue weighted by Crippen LogP contribution is -2.26. The molecule has 4 rings (SSSR count). The predicted molar refractivity (Wildman–Crippen MR) is 132 cm³/mol. The lowest BCUT2D eigenvalue weighted by Gasteiger charge is -2.24. The number of hydrogen-bond acceptors (Lipinski definition) is 8. The number of thiophene rings is 1. The number of hydrogen-bond donors (Lipinski definition) is 2. The second-order valence-corrected chi connectivity index (χ2v) is 9.57. The van der Waals surface area contributed by atoms with Gasteiger partial charge in [-0.05, 0) is 51.7 Å². The van der Waals surface area contributed by atoms with E-state index in [1.165, 1.54) is 29.8 Å². The molecular weight excluding hydrogens is 457 g/mol. The van der Waals surface area contributed by atoms with Crippen LogP contribution in [0, 0.1) is 12.7 Å². The highest BCUT2D eigenvalue weighted by atomic mass is 32.1. The number of nitrogens with one attached hydrogen (secondary N) is 2. The van der Waals surface area contributed by atoms with Crippen molar-refractivity contribution in [3.05, 3.63) is 40.8 Å². The molecule has 0 bridgehead atoms. The van der Waals surface area contributed by atoms with Gasteiger partial charge in [-0.15, -0.1) is 11.3 Å². The molecule has 2 aromatic heterocycles. The Hall–Kier alpha value is -2.82. The van der Waals surface area contributed by atoms with Crippen molar-refractivity contribution in [1.82, 2.24) is 20.2 Å². The van der Waals surface area contributed by atoms with Crippen LogP contribution >= 0.6 is 11.3 Å². The molecule has 1 fully saturated rings. The molecule has 0 saturated carbocycles. The van der Waals surface area contributed by atoms with E-state index in [9.17, 15) is 9.18 Å². The maximum Gasteiger partial charge on any atom is 0.261 e. The van der Waals surface area contributed by atoms with E-state index in [2.05, 4.69) is 25.5 Å². The lowest BCUT2D eigenvalue weighted by molar-refractivity contribution is 0.0257. The molecule has 0 atom stereocenters. The summed E-state index contributed by atoms with van der Waals surface area (Å²) in [7, 11) is 4.01. The maximum atomic E-state index is 14.0. The van der Waals surface area contributed by atoms with Gasteiger partial charge in [0.1, 0.15) is 34.6 Å². The van der Waals surface area contributed by atoms with E-state index in [4.69, 9.17) is 9.47 Å². The Morgan fingerprint density at radius 2 is 2.09 bits per heavy atom. The zero-order valence-electron chi connectivity index (χ0n) is 19.7. The summed E-state index contributed by atoms with van der Waals surface area (Å²) in [6, 6.07) is 4.39. The molecule has 3 heterocycles. The molecule has 1 saturated heterocycles. The quantitative estimate of drug-likeness (QED) is 0.439. The summed E-state index contributed by atoms with van der Waals surface area (Å²) in [4.78, 5) is 25.0. The van der Waals surface area contributed by atoms with E-state index in [1.54, 1.807) is 6.07 Å². The van der Waals surface area contributed by atoms with E-state index in [1.807, 2.05) is 21.0 Å². The van der Waals surface area contributed by atoms with Crippen LogP contribution in [-0.4, -0.2) is 67.3 Å². The van der Waals surface area contributed by atoms with Crippen LogP contribution in [0.4, 0.5) is 15.9 Å². The fourth-order valence-electron chi connectivity index (χ4n) is 3.86. The summed E-state index contributed by atoms with van der Waals surface area (Å²) in [5.74, 6) is 0.482. The first kappa shape index (κ1) is 24.3. The summed E-state index contributed by atoms with van der Waals surface area (Å²) in [6.07, 6.45) is 3.80. The molecule has 0 unspecified atom stereocenters. The van der Waals surface area contributed by atoms with Gasteiger partial charge < -0.3 is 25.0 Å². The molecule has 34 heavy (non-hydrogen) atoms. The SMILES string of the molecule is Cc1c(C(=O)NCCCN(C)C)sc2ncnc(Nc3ccc(F)cc3OC3CCOCC3)c12. The molecule has 1 aliphatic heterocycles. The molecule has 1 aromatic carbocycles. The van der Waals surface area contributed by atoms with Gasteiger partial charge >= 0.3 is 0 Å². The average Bonchev–Trinajstić information content (AvgIpc) is 3.16. The highest BCUT2D eigenvalue weighted by Crippen LogP contribution is 2.37. The minimum Gasteiger partial charge on any atom is -0.488 e. The van der Waals surface area contributed by atoms with Crippen molar-refractivity contribution < 1.29 is 18.7 Å². The number of fused-ring (bicyclic) bond motifs is 1. The number of rotatable bonds is 9. The molecule has 1 aliphatic rings. The van der Waals surface area contributed by atoms with Gasteiger partial charge in [0, 0.05) is 25.5 Å². The fraction of sp³-hybridized carbons (Fsp3) is 0.458. The van der Waals surface area contributed by atoms with Gasteiger partial charge in [0.15, 0.2) is 0 Å². The number of benzene rings is 1. The predicted octanol–water partition coefficient (Wildman–Crippen LogP) is 4.12. The van der Waals surface area contributed by atoms with E-state index in [-0.39, 0.29) is 17.8 Å². The van der Waals surface area contributed by atoms with Crippen molar-refractivity contribution in [3.63, 3.8) is 0 Å².